The summed E-state index contributed by atoms with van der Waals surface area (Å²) in [6, 6.07) is 8.19. The lowest BCUT2D eigenvalue weighted by Crippen LogP contribution is -2.62. The number of carbonyl (C=O) groups excluding carboxylic acids is 1. The zero-order valence-corrected chi connectivity index (χ0v) is 12.7. The largest absolute Gasteiger partial charge is 0.370 e. The molecule has 0 unspecified atom stereocenters. The first kappa shape index (κ1) is 14.6. The lowest BCUT2D eigenvalue weighted by atomic mass is 10.1. The highest BCUT2D eigenvalue weighted by atomic mass is 32.2. The minimum absolute atomic E-state index is 0.239. The number of hydrogen-bond donors (Lipinski definition) is 0. The van der Waals surface area contributed by atoms with Crippen LogP contribution in [-0.4, -0.2) is 49.0 Å². The van der Waals surface area contributed by atoms with E-state index in [-0.39, 0.29) is 11.9 Å². The van der Waals surface area contributed by atoms with Crippen molar-refractivity contribution in [3.63, 3.8) is 0 Å². The van der Waals surface area contributed by atoms with Crippen LogP contribution >= 0.6 is 11.8 Å². The van der Waals surface area contributed by atoms with Gasteiger partial charge in [-0.2, -0.15) is 0 Å². The predicted molar refractivity (Wildman–Crippen MR) is 78.5 cm³/mol. The zero-order valence-electron chi connectivity index (χ0n) is 11.9. The molecule has 1 amide bonds. The van der Waals surface area contributed by atoms with Crippen molar-refractivity contribution in [1.82, 2.24) is 0 Å². The second-order valence-corrected chi connectivity index (χ2v) is 6.04. The molecule has 1 saturated heterocycles. The Hall–Kier alpha value is -0.840. The third kappa shape index (κ3) is 2.71. The van der Waals surface area contributed by atoms with Gasteiger partial charge in [0.1, 0.15) is 13.1 Å². The first-order chi connectivity index (χ1) is 9.12. The highest BCUT2D eigenvalue weighted by Crippen LogP contribution is 2.27. The summed E-state index contributed by atoms with van der Waals surface area (Å²) >= 11 is 1.64. The molecule has 0 aliphatic carbocycles. The van der Waals surface area contributed by atoms with Gasteiger partial charge in [0.15, 0.2) is 0 Å². The van der Waals surface area contributed by atoms with Crippen LogP contribution in [0.3, 0.4) is 0 Å². The minimum Gasteiger partial charge on any atom is -0.370 e. The van der Waals surface area contributed by atoms with Crippen molar-refractivity contribution in [2.45, 2.75) is 24.8 Å². The normalized spacial score (nSPS) is 18.5. The van der Waals surface area contributed by atoms with Crippen molar-refractivity contribution in [1.29, 1.82) is 0 Å². The molecule has 1 aliphatic rings. The van der Waals surface area contributed by atoms with Gasteiger partial charge in [-0.15, -0.1) is 11.8 Å². The molecule has 0 N–H and O–H groups in total. The van der Waals surface area contributed by atoms with Gasteiger partial charge in [-0.1, -0.05) is 12.1 Å². The first-order valence-electron chi connectivity index (χ1n) is 6.74. The fraction of sp³-hybridized carbons (Fsp3) is 0.533. The summed E-state index contributed by atoms with van der Waals surface area (Å²) < 4.78 is 5.96. The average Bonchev–Trinajstić information content (AvgIpc) is 2.47. The van der Waals surface area contributed by atoms with Gasteiger partial charge >= 0.3 is 5.91 Å². The van der Waals surface area contributed by atoms with Gasteiger partial charge in [0.2, 0.25) is 0 Å². The molecule has 4 heteroatoms. The van der Waals surface area contributed by atoms with E-state index in [1.807, 2.05) is 30.5 Å². The highest BCUT2D eigenvalue weighted by molar-refractivity contribution is 7.98. The van der Waals surface area contributed by atoms with Crippen molar-refractivity contribution in [2.75, 3.05) is 32.6 Å². The van der Waals surface area contributed by atoms with Crippen LogP contribution in [0.25, 0.3) is 0 Å². The SMILES string of the molecule is CSc1ccccc1C(=O)[N+]1(C(C)C)CCOCC1. The second-order valence-electron chi connectivity index (χ2n) is 5.19. The molecule has 1 aromatic carbocycles. The monoisotopic (exact) mass is 280 g/mol. The van der Waals surface area contributed by atoms with E-state index in [0.29, 0.717) is 17.7 Å². The maximum atomic E-state index is 13.0. The Bertz CT molecular complexity index is 453. The number of quaternary nitrogens is 1. The zero-order chi connectivity index (χ0) is 13.9. The van der Waals surface area contributed by atoms with Gasteiger partial charge in [-0.05, 0) is 32.2 Å². The predicted octanol–water partition coefficient (Wildman–Crippen LogP) is 2.80. The van der Waals surface area contributed by atoms with E-state index in [4.69, 9.17) is 4.74 Å². The molecule has 0 spiro atoms. The Balaban J connectivity index is 2.39. The molecule has 1 fully saturated rings. The van der Waals surface area contributed by atoms with Crippen LogP contribution in [0.1, 0.15) is 24.2 Å². The number of amides is 1. The summed E-state index contributed by atoms with van der Waals surface area (Å²) in [6.07, 6.45) is 2.02. The fourth-order valence-corrected chi connectivity index (χ4v) is 3.27. The van der Waals surface area contributed by atoms with Gasteiger partial charge in [-0.25, -0.2) is 4.79 Å². The van der Waals surface area contributed by atoms with E-state index >= 15 is 0 Å². The van der Waals surface area contributed by atoms with Gasteiger partial charge in [0.25, 0.3) is 0 Å². The molecule has 0 aromatic heterocycles. The third-order valence-corrected chi connectivity index (χ3v) is 4.80. The molecule has 0 radical (unpaired) electrons. The van der Waals surface area contributed by atoms with Crippen LogP contribution in [0.5, 0.6) is 0 Å². The number of ether oxygens (including phenoxy) is 1. The molecule has 3 nitrogen and oxygen atoms in total. The Morgan fingerprint density at radius 3 is 2.47 bits per heavy atom. The van der Waals surface area contributed by atoms with Crippen LogP contribution in [-0.2, 0) is 4.74 Å². The number of carbonyl (C=O) groups is 1. The summed E-state index contributed by atoms with van der Waals surface area (Å²) in [7, 11) is 0. The average molecular weight is 280 g/mol. The summed E-state index contributed by atoms with van der Waals surface area (Å²) in [4.78, 5) is 14.1. The molecule has 104 valence electrons. The summed E-state index contributed by atoms with van der Waals surface area (Å²) in [5, 5.41) is 0. The summed E-state index contributed by atoms with van der Waals surface area (Å²) in [5.74, 6) is 0.239. The van der Waals surface area contributed by atoms with Crippen molar-refractivity contribution >= 4 is 17.7 Å². The van der Waals surface area contributed by atoms with Crippen molar-refractivity contribution < 1.29 is 14.0 Å². The number of benzene rings is 1. The molecule has 1 heterocycles. The Morgan fingerprint density at radius 2 is 1.89 bits per heavy atom. The van der Waals surface area contributed by atoms with Gasteiger partial charge in [0, 0.05) is 4.90 Å². The van der Waals surface area contributed by atoms with Gasteiger partial charge in [-0.3, -0.25) is 4.48 Å². The molecule has 0 bridgehead atoms. The summed E-state index contributed by atoms with van der Waals surface area (Å²) in [5.41, 5.74) is 0.852. The van der Waals surface area contributed by atoms with Crippen molar-refractivity contribution in [3.8, 4) is 0 Å². The number of nitrogens with zero attached hydrogens (tertiary/aromatic N) is 1. The number of rotatable bonds is 3. The number of hydrogen-bond acceptors (Lipinski definition) is 3. The molecule has 0 atom stereocenters. The van der Waals surface area contributed by atoms with Crippen molar-refractivity contribution in [3.05, 3.63) is 29.8 Å². The van der Waals surface area contributed by atoms with Crippen LogP contribution in [0, 0.1) is 0 Å². The standard InChI is InChI=1S/C15H22NO2S/c1-12(2)16(8-10-18-11-9-16)15(17)13-6-4-5-7-14(13)19-3/h4-7,12H,8-11H2,1-3H3/q+1. The van der Waals surface area contributed by atoms with Crippen LogP contribution in [0.4, 0.5) is 0 Å². The Kier molecular flexibility index (Phi) is 4.66. The van der Waals surface area contributed by atoms with Gasteiger partial charge in [0.05, 0.1) is 24.8 Å². The minimum atomic E-state index is 0.239. The molecular weight excluding hydrogens is 258 g/mol. The maximum absolute atomic E-state index is 13.0. The molecule has 0 saturated carbocycles. The first-order valence-corrected chi connectivity index (χ1v) is 7.96. The fourth-order valence-electron chi connectivity index (χ4n) is 2.68. The van der Waals surface area contributed by atoms with E-state index in [0.717, 1.165) is 23.5 Å². The lowest BCUT2D eigenvalue weighted by molar-refractivity contribution is -0.878. The van der Waals surface area contributed by atoms with Crippen LogP contribution in [0.2, 0.25) is 0 Å². The van der Waals surface area contributed by atoms with E-state index in [1.54, 1.807) is 11.8 Å². The number of morpholine rings is 1. The topological polar surface area (TPSA) is 26.3 Å². The third-order valence-electron chi connectivity index (χ3n) is 4.00. The highest BCUT2D eigenvalue weighted by Gasteiger charge is 2.42. The molecule has 1 aliphatic heterocycles. The second kappa shape index (κ2) is 6.07. The maximum Gasteiger partial charge on any atom is 0.347 e. The molecule has 2 rings (SSSR count). The van der Waals surface area contributed by atoms with E-state index in [1.165, 1.54) is 0 Å². The molecule has 1 aromatic rings. The van der Waals surface area contributed by atoms with E-state index in [9.17, 15) is 4.79 Å². The van der Waals surface area contributed by atoms with E-state index < -0.39 is 0 Å². The molecular formula is C15H22NO2S+. The quantitative estimate of drug-likeness (QED) is 0.629. The Labute approximate surface area is 119 Å². The van der Waals surface area contributed by atoms with E-state index in [2.05, 4.69) is 13.8 Å². The number of thioether (sulfide) groups is 1. The Morgan fingerprint density at radius 1 is 1.26 bits per heavy atom. The van der Waals surface area contributed by atoms with Crippen LogP contribution < -0.4 is 0 Å². The van der Waals surface area contributed by atoms with Crippen LogP contribution in [0.15, 0.2) is 29.2 Å². The van der Waals surface area contributed by atoms with Crippen molar-refractivity contribution in [2.24, 2.45) is 0 Å². The lowest BCUT2D eigenvalue weighted by Gasteiger charge is -2.42. The summed E-state index contributed by atoms with van der Waals surface area (Å²) in [6.45, 7) is 7.16. The molecule has 19 heavy (non-hydrogen) atoms. The van der Waals surface area contributed by atoms with Gasteiger partial charge < -0.3 is 4.74 Å². The smallest absolute Gasteiger partial charge is 0.347 e.